The average molecular weight is 412 g/mol. The van der Waals surface area contributed by atoms with E-state index in [9.17, 15) is 18.0 Å². The van der Waals surface area contributed by atoms with Crippen LogP contribution in [-0.2, 0) is 6.18 Å². The van der Waals surface area contributed by atoms with Gasteiger partial charge < -0.3 is 5.32 Å². The average Bonchev–Trinajstić information content (AvgIpc) is 3.15. The molecular formula is C22H19F3N4O. The van der Waals surface area contributed by atoms with Crippen LogP contribution < -0.4 is 5.32 Å². The Balaban J connectivity index is 1.97. The van der Waals surface area contributed by atoms with Gasteiger partial charge in [-0.05, 0) is 30.2 Å². The van der Waals surface area contributed by atoms with Crippen molar-refractivity contribution in [3.8, 4) is 11.3 Å². The second-order valence-corrected chi connectivity index (χ2v) is 7.13. The van der Waals surface area contributed by atoms with Crippen LogP contribution >= 0.6 is 0 Å². The van der Waals surface area contributed by atoms with Gasteiger partial charge in [-0.2, -0.15) is 18.3 Å². The van der Waals surface area contributed by atoms with Crippen LogP contribution in [-0.4, -0.2) is 26.5 Å². The number of amides is 1. The molecule has 4 rings (SSSR count). The van der Waals surface area contributed by atoms with Crippen molar-refractivity contribution >= 4 is 22.3 Å². The SMILES string of the molecule is CCC(C)NC(=O)c1cnn2c(C(F)(F)F)cc(-c3cccc4ccccc34)nc12. The van der Waals surface area contributed by atoms with E-state index in [-0.39, 0.29) is 22.9 Å². The summed E-state index contributed by atoms with van der Waals surface area (Å²) in [5.41, 5.74) is -0.435. The van der Waals surface area contributed by atoms with Crippen LogP contribution in [0.2, 0.25) is 0 Å². The molecule has 0 aliphatic heterocycles. The van der Waals surface area contributed by atoms with Crippen LogP contribution in [0.25, 0.3) is 27.7 Å². The summed E-state index contributed by atoms with van der Waals surface area (Å²) >= 11 is 0. The predicted octanol–water partition coefficient (Wildman–Crippen LogP) is 5.10. The lowest BCUT2D eigenvalue weighted by molar-refractivity contribution is -0.142. The first-order valence-corrected chi connectivity index (χ1v) is 9.54. The van der Waals surface area contributed by atoms with Crippen LogP contribution in [0, 0.1) is 0 Å². The monoisotopic (exact) mass is 412 g/mol. The fourth-order valence-corrected chi connectivity index (χ4v) is 3.32. The molecule has 0 fully saturated rings. The number of nitrogens with one attached hydrogen (secondary N) is 1. The third-order valence-electron chi connectivity index (χ3n) is 5.06. The number of benzene rings is 2. The molecular weight excluding hydrogens is 393 g/mol. The molecule has 0 aliphatic carbocycles. The van der Waals surface area contributed by atoms with Gasteiger partial charge in [0, 0.05) is 11.6 Å². The standard InChI is InChI=1S/C22H19F3N4O/c1-3-13(2)27-21(30)17-12-26-29-19(22(23,24)25)11-18(28-20(17)29)16-10-6-8-14-7-4-5-9-15(14)16/h4-13H,3H2,1-2H3,(H,27,30). The van der Waals surface area contributed by atoms with Gasteiger partial charge in [0.05, 0.1) is 11.9 Å². The van der Waals surface area contributed by atoms with E-state index >= 15 is 0 Å². The topological polar surface area (TPSA) is 59.3 Å². The summed E-state index contributed by atoms with van der Waals surface area (Å²) in [4.78, 5) is 17.0. The summed E-state index contributed by atoms with van der Waals surface area (Å²) in [6.07, 6.45) is -2.85. The number of carbonyl (C=O) groups is 1. The van der Waals surface area contributed by atoms with E-state index in [0.29, 0.717) is 16.5 Å². The van der Waals surface area contributed by atoms with E-state index in [1.54, 1.807) is 12.1 Å². The molecule has 2 heterocycles. The predicted molar refractivity (Wildman–Crippen MR) is 108 cm³/mol. The van der Waals surface area contributed by atoms with Gasteiger partial charge in [-0.25, -0.2) is 9.50 Å². The molecule has 8 heteroatoms. The van der Waals surface area contributed by atoms with Crippen LogP contribution in [0.1, 0.15) is 36.3 Å². The summed E-state index contributed by atoms with van der Waals surface area (Å²) in [6.45, 7) is 3.72. The quantitative estimate of drug-likeness (QED) is 0.508. The van der Waals surface area contributed by atoms with E-state index in [2.05, 4.69) is 15.4 Å². The number of hydrogen-bond acceptors (Lipinski definition) is 3. The van der Waals surface area contributed by atoms with E-state index in [4.69, 9.17) is 0 Å². The Bertz CT molecular complexity index is 1240. The fourth-order valence-electron chi connectivity index (χ4n) is 3.32. The molecule has 0 spiro atoms. The molecule has 1 N–H and O–H groups in total. The first-order chi connectivity index (χ1) is 14.3. The summed E-state index contributed by atoms with van der Waals surface area (Å²) < 4.78 is 42.1. The van der Waals surface area contributed by atoms with Crippen molar-refractivity contribution in [1.82, 2.24) is 19.9 Å². The summed E-state index contributed by atoms with van der Waals surface area (Å²) in [5, 5.41) is 8.22. The maximum Gasteiger partial charge on any atom is 0.433 e. The van der Waals surface area contributed by atoms with Gasteiger partial charge in [0.25, 0.3) is 5.91 Å². The highest BCUT2D eigenvalue weighted by Crippen LogP contribution is 2.34. The smallest absolute Gasteiger partial charge is 0.349 e. The first-order valence-electron chi connectivity index (χ1n) is 9.54. The summed E-state index contributed by atoms with van der Waals surface area (Å²) in [6, 6.07) is 13.6. The van der Waals surface area contributed by atoms with Gasteiger partial charge >= 0.3 is 6.18 Å². The number of fused-ring (bicyclic) bond motifs is 2. The zero-order chi connectivity index (χ0) is 21.5. The maximum atomic E-state index is 13.8. The molecule has 2 aromatic carbocycles. The van der Waals surface area contributed by atoms with Crippen molar-refractivity contribution in [2.24, 2.45) is 0 Å². The van der Waals surface area contributed by atoms with E-state index in [1.165, 1.54) is 0 Å². The number of halogens is 3. The van der Waals surface area contributed by atoms with Gasteiger partial charge in [-0.3, -0.25) is 4.79 Å². The molecule has 154 valence electrons. The summed E-state index contributed by atoms with van der Waals surface area (Å²) in [7, 11) is 0. The largest absolute Gasteiger partial charge is 0.433 e. The number of alkyl halides is 3. The Morgan fingerprint density at radius 3 is 2.63 bits per heavy atom. The normalized spacial score (nSPS) is 13.0. The Hall–Kier alpha value is -3.42. The lowest BCUT2D eigenvalue weighted by Crippen LogP contribution is -2.32. The van der Waals surface area contributed by atoms with Crippen LogP contribution in [0.3, 0.4) is 0 Å². The molecule has 0 saturated carbocycles. The second kappa shape index (κ2) is 7.44. The number of rotatable bonds is 4. The molecule has 0 radical (unpaired) electrons. The summed E-state index contributed by atoms with van der Waals surface area (Å²) in [5.74, 6) is -0.505. The van der Waals surface area contributed by atoms with Gasteiger partial charge in [0.2, 0.25) is 0 Å². The minimum absolute atomic E-state index is 0.00267. The number of aromatic nitrogens is 3. The van der Waals surface area contributed by atoms with Crippen molar-refractivity contribution in [3.05, 3.63) is 66.0 Å². The highest BCUT2D eigenvalue weighted by molar-refractivity contribution is 6.01. The highest BCUT2D eigenvalue weighted by Gasteiger charge is 2.36. The zero-order valence-corrected chi connectivity index (χ0v) is 16.4. The van der Waals surface area contributed by atoms with Crippen LogP contribution in [0.15, 0.2) is 54.7 Å². The van der Waals surface area contributed by atoms with Crippen molar-refractivity contribution in [3.63, 3.8) is 0 Å². The van der Waals surface area contributed by atoms with E-state index in [0.717, 1.165) is 23.0 Å². The van der Waals surface area contributed by atoms with E-state index in [1.807, 2.05) is 44.2 Å². The molecule has 1 unspecified atom stereocenters. The molecule has 0 saturated heterocycles. The Morgan fingerprint density at radius 2 is 1.90 bits per heavy atom. The number of nitrogens with zero attached hydrogens (tertiary/aromatic N) is 3. The van der Waals surface area contributed by atoms with Crippen molar-refractivity contribution in [2.75, 3.05) is 0 Å². The van der Waals surface area contributed by atoms with Crippen LogP contribution in [0.4, 0.5) is 13.2 Å². The van der Waals surface area contributed by atoms with Crippen molar-refractivity contribution in [2.45, 2.75) is 32.5 Å². The van der Waals surface area contributed by atoms with E-state index < -0.39 is 17.8 Å². The number of carbonyl (C=O) groups excluding carboxylic acids is 1. The van der Waals surface area contributed by atoms with Gasteiger partial charge in [-0.15, -0.1) is 0 Å². The highest BCUT2D eigenvalue weighted by atomic mass is 19.4. The molecule has 0 aliphatic rings. The van der Waals surface area contributed by atoms with Crippen molar-refractivity contribution < 1.29 is 18.0 Å². The fraction of sp³-hybridized carbons (Fsp3) is 0.227. The van der Waals surface area contributed by atoms with Crippen molar-refractivity contribution in [1.29, 1.82) is 0 Å². The second-order valence-electron chi connectivity index (χ2n) is 7.13. The third kappa shape index (κ3) is 3.49. The zero-order valence-electron chi connectivity index (χ0n) is 16.4. The molecule has 5 nitrogen and oxygen atoms in total. The molecule has 2 aromatic heterocycles. The molecule has 4 aromatic rings. The lowest BCUT2D eigenvalue weighted by Gasteiger charge is -2.13. The lowest BCUT2D eigenvalue weighted by atomic mass is 10.0. The van der Waals surface area contributed by atoms with Crippen LogP contribution in [0.5, 0.6) is 0 Å². The van der Waals surface area contributed by atoms with Gasteiger partial charge in [0.1, 0.15) is 5.56 Å². The molecule has 0 bridgehead atoms. The Kier molecular flexibility index (Phi) is 4.93. The third-order valence-corrected chi connectivity index (χ3v) is 5.06. The minimum Gasteiger partial charge on any atom is -0.349 e. The first kappa shape index (κ1) is 19.9. The minimum atomic E-state index is -4.67. The molecule has 1 atom stereocenters. The molecule has 30 heavy (non-hydrogen) atoms. The molecule has 1 amide bonds. The Morgan fingerprint density at radius 1 is 1.17 bits per heavy atom. The Labute approximate surface area is 170 Å². The van der Waals surface area contributed by atoms with Gasteiger partial charge in [-0.1, -0.05) is 49.4 Å². The van der Waals surface area contributed by atoms with Gasteiger partial charge in [0.15, 0.2) is 11.3 Å². The number of hydrogen-bond donors (Lipinski definition) is 1. The maximum absolute atomic E-state index is 13.8.